The van der Waals surface area contributed by atoms with Gasteiger partial charge in [0, 0.05) is 12.1 Å². The van der Waals surface area contributed by atoms with Gasteiger partial charge in [0.2, 0.25) is 0 Å². The van der Waals surface area contributed by atoms with E-state index in [1.807, 2.05) is 18.7 Å². The SMILES string of the molecule is CCC1(C)NC(=O)N(NC(=O)COC(=O)c2ccc(OCC(=O)N3C(C)CCCC3C)cc2)C1=O. The molecule has 3 atom stereocenters. The maximum Gasteiger partial charge on any atom is 0.344 e. The van der Waals surface area contributed by atoms with Crippen molar-refractivity contribution in [2.75, 3.05) is 13.2 Å². The van der Waals surface area contributed by atoms with E-state index in [4.69, 9.17) is 9.47 Å². The van der Waals surface area contributed by atoms with Gasteiger partial charge < -0.3 is 19.7 Å². The van der Waals surface area contributed by atoms with Gasteiger partial charge in [-0.3, -0.25) is 19.8 Å². The standard InChI is InChI=1S/C24H32N4O7/c1-5-24(4)22(32)28(23(33)25-24)26-19(29)13-35-21(31)17-9-11-18(12-10-17)34-14-20(30)27-15(2)7-6-8-16(27)3/h9-12,15-16H,5-8,13-14H2,1-4H3,(H,25,33)(H,26,29). The number of esters is 1. The van der Waals surface area contributed by atoms with Crippen LogP contribution in [0.3, 0.4) is 0 Å². The summed E-state index contributed by atoms with van der Waals surface area (Å²) in [4.78, 5) is 63.0. The maximum absolute atomic E-state index is 12.6. The molecule has 11 nitrogen and oxygen atoms in total. The fourth-order valence-corrected chi connectivity index (χ4v) is 4.22. The number of imide groups is 1. The van der Waals surface area contributed by atoms with Crippen molar-refractivity contribution in [1.29, 1.82) is 0 Å². The number of ether oxygens (including phenoxy) is 2. The minimum Gasteiger partial charge on any atom is -0.484 e. The third-order valence-corrected chi connectivity index (χ3v) is 6.47. The quantitative estimate of drug-likeness (QED) is 0.421. The van der Waals surface area contributed by atoms with Gasteiger partial charge in [-0.1, -0.05) is 6.92 Å². The van der Waals surface area contributed by atoms with E-state index in [0.717, 1.165) is 19.3 Å². The Kier molecular flexibility index (Phi) is 7.98. The van der Waals surface area contributed by atoms with Crippen molar-refractivity contribution >= 4 is 29.7 Å². The number of nitrogens with zero attached hydrogens (tertiary/aromatic N) is 2. The van der Waals surface area contributed by atoms with Gasteiger partial charge in [0.25, 0.3) is 17.7 Å². The number of rotatable bonds is 8. The van der Waals surface area contributed by atoms with Crippen molar-refractivity contribution < 1.29 is 33.4 Å². The highest BCUT2D eigenvalue weighted by Gasteiger charge is 2.47. The van der Waals surface area contributed by atoms with Gasteiger partial charge in [-0.2, -0.15) is 5.01 Å². The highest BCUT2D eigenvalue weighted by molar-refractivity contribution is 6.07. The third kappa shape index (κ3) is 5.90. The Balaban J connectivity index is 1.46. The lowest BCUT2D eigenvalue weighted by atomic mass is 9.97. The summed E-state index contributed by atoms with van der Waals surface area (Å²) in [5, 5.41) is 3.08. The zero-order valence-corrected chi connectivity index (χ0v) is 20.5. The number of carbonyl (C=O) groups is 5. The van der Waals surface area contributed by atoms with Gasteiger partial charge in [-0.15, -0.1) is 0 Å². The number of piperidine rings is 1. The second kappa shape index (κ2) is 10.7. The fraction of sp³-hybridized carbons (Fsp3) is 0.542. The second-order valence-electron chi connectivity index (χ2n) is 9.11. The van der Waals surface area contributed by atoms with Crippen molar-refractivity contribution in [3.63, 3.8) is 0 Å². The van der Waals surface area contributed by atoms with Crippen LogP contribution in [0.25, 0.3) is 0 Å². The first-order chi connectivity index (χ1) is 16.6. The van der Waals surface area contributed by atoms with Crippen molar-refractivity contribution in [3.8, 4) is 5.75 Å². The van der Waals surface area contributed by atoms with Crippen LogP contribution in [0.1, 0.15) is 63.7 Å². The molecule has 2 heterocycles. The highest BCUT2D eigenvalue weighted by Crippen LogP contribution is 2.23. The van der Waals surface area contributed by atoms with Crippen LogP contribution in [-0.4, -0.2) is 70.5 Å². The van der Waals surface area contributed by atoms with E-state index in [2.05, 4.69) is 10.7 Å². The molecule has 1 aromatic rings. The number of benzene rings is 1. The predicted molar refractivity (Wildman–Crippen MR) is 124 cm³/mol. The Bertz CT molecular complexity index is 986. The van der Waals surface area contributed by atoms with Crippen LogP contribution in [0.5, 0.6) is 5.75 Å². The topological polar surface area (TPSA) is 134 Å². The summed E-state index contributed by atoms with van der Waals surface area (Å²) >= 11 is 0. The van der Waals surface area contributed by atoms with Gasteiger partial charge in [0.15, 0.2) is 13.2 Å². The molecule has 190 valence electrons. The van der Waals surface area contributed by atoms with Crippen molar-refractivity contribution in [2.24, 2.45) is 0 Å². The largest absolute Gasteiger partial charge is 0.484 e. The number of carbonyl (C=O) groups excluding carboxylic acids is 5. The molecule has 0 bridgehead atoms. The molecule has 0 aliphatic carbocycles. The molecule has 3 unspecified atom stereocenters. The minimum absolute atomic E-state index is 0.0800. The molecule has 3 rings (SSSR count). The van der Waals surface area contributed by atoms with E-state index in [9.17, 15) is 24.0 Å². The summed E-state index contributed by atoms with van der Waals surface area (Å²) in [6.07, 6.45) is 3.41. The van der Waals surface area contributed by atoms with Crippen LogP contribution in [0, 0.1) is 0 Å². The van der Waals surface area contributed by atoms with Crippen LogP contribution in [0.15, 0.2) is 24.3 Å². The van der Waals surface area contributed by atoms with E-state index in [0.29, 0.717) is 17.2 Å². The molecule has 0 radical (unpaired) electrons. The zero-order chi connectivity index (χ0) is 25.8. The molecule has 5 amide bonds. The highest BCUT2D eigenvalue weighted by atomic mass is 16.5. The van der Waals surface area contributed by atoms with Crippen LogP contribution < -0.4 is 15.5 Å². The lowest BCUT2D eigenvalue weighted by molar-refractivity contribution is -0.140. The molecule has 2 fully saturated rings. The normalized spacial score (nSPS) is 24.1. The van der Waals surface area contributed by atoms with E-state index in [-0.39, 0.29) is 30.2 Å². The molecule has 0 saturated carbocycles. The second-order valence-corrected chi connectivity index (χ2v) is 9.11. The van der Waals surface area contributed by atoms with Gasteiger partial charge in [-0.25, -0.2) is 9.59 Å². The molecular formula is C24H32N4O7. The van der Waals surface area contributed by atoms with Gasteiger partial charge in [-0.05, 0) is 70.7 Å². The maximum atomic E-state index is 12.6. The first kappa shape index (κ1) is 26.0. The zero-order valence-electron chi connectivity index (χ0n) is 20.5. The van der Waals surface area contributed by atoms with Crippen molar-refractivity contribution in [2.45, 2.75) is 71.0 Å². The monoisotopic (exact) mass is 488 g/mol. The summed E-state index contributed by atoms with van der Waals surface area (Å²) in [6.45, 7) is 6.57. The molecule has 1 aromatic carbocycles. The predicted octanol–water partition coefficient (Wildman–Crippen LogP) is 1.76. The number of hydrazine groups is 1. The Morgan fingerprint density at radius 1 is 1.09 bits per heavy atom. The molecule has 11 heteroatoms. The molecule has 0 spiro atoms. The lowest BCUT2D eigenvalue weighted by Crippen LogP contribution is -2.49. The summed E-state index contributed by atoms with van der Waals surface area (Å²) in [5.41, 5.74) is 1.22. The summed E-state index contributed by atoms with van der Waals surface area (Å²) in [7, 11) is 0. The van der Waals surface area contributed by atoms with Crippen molar-refractivity contribution in [1.82, 2.24) is 20.7 Å². The smallest absolute Gasteiger partial charge is 0.344 e. The van der Waals surface area contributed by atoms with Crippen LogP contribution in [0.2, 0.25) is 0 Å². The molecular weight excluding hydrogens is 456 g/mol. The van der Waals surface area contributed by atoms with E-state index >= 15 is 0 Å². The van der Waals surface area contributed by atoms with Gasteiger partial charge in [0.1, 0.15) is 11.3 Å². The molecule has 2 N–H and O–H groups in total. The van der Waals surface area contributed by atoms with E-state index in [1.54, 1.807) is 13.8 Å². The summed E-state index contributed by atoms with van der Waals surface area (Å²) in [5.74, 6) is -1.86. The number of nitrogens with one attached hydrogen (secondary N) is 2. The number of hydrogen-bond acceptors (Lipinski definition) is 7. The van der Waals surface area contributed by atoms with Crippen LogP contribution >= 0.6 is 0 Å². The lowest BCUT2D eigenvalue weighted by Gasteiger charge is -2.38. The van der Waals surface area contributed by atoms with E-state index < -0.39 is 36.0 Å². The summed E-state index contributed by atoms with van der Waals surface area (Å²) in [6, 6.07) is 5.58. The number of likely N-dealkylation sites (tertiary alicyclic amines) is 1. The fourth-order valence-electron chi connectivity index (χ4n) is 4.22. The van der Waals surface area contributed by atoms with Gasteiger partial charge in [0.05, 0.1) is 5.56 Å². The molecule has 2 saturated heterocycles. The number of hydrogen-bond donors (Lipinski definition) is 2. The third-order valence-electron chi connectivity index (χ3n) is 6.47. The molecule has 0 aromatic heterocycles. The van der Waals surface area contributed by atoms with Gasteiger partial charge >= 0.3 is 12.0 Å². The molecule has 2 aliphatic heterocycles. The Labute approximate surface area is 204 Å². The van der Waals surface area contributed by atoms with Crippen LogP contribution in [-0.2, 0) is 19.1 Å². The first-order valence-electron chi connectivity index (χ1n) is 11.7. The Morgan fingerprint density at radius 2 is 1.71 bits per heavy atom. The summed E-state index contributed by atoms with van der Waals surface area (Å²) < 4.78 is 10.6. The minimum atomic E-state index is -1.10. The number of urea groups is 1. The average molecular weight is 489 g/mol. The van der Waals surface area contributed by atoms with Crippen molar-refractivity contribution in [3.05, 3.63) is 29.8 Å². The number of amides is 5. The Morgan fingerprint density at radius 3 is 2.29 bits per heavy atom. The molecule has 35 heavy (non-hydrogen) atoms. The average Bonchev–Trinajstić information content (AvgIpc) is 3.04. The van der Waals surface area contributed by atoms with Crippen LogP contribution in [0.4, 0.5) is 4.79 Å². The Hall–Kier alpha value is -3.63. The van der Waals surface area contributed by atoms with E-state index in [1.165, 1.54) is 24.3 Å². The molecule has 2 aliphatic rings. The first-order valence-corrected chi connectivity index (χ1v) is 11.7.